The Kier molecular flexibility index (Phi) is 8.37. The van der Waals surface area contributed by atoms with E-state index in [2.05, 4.69) is 5.32 Å². The lowest BCUT2D eigenvalue weighted by molar-refractivity contribution is -0.171. The normalized spacial score (nSPS) is 13.8. The van der Waals surface area contributed by atoms with Crippen LogP contribution in [0.4, 0.5) is 4.79 Å². The number of benzene rings is 4. The molecule has 0 saturated heterocycles. The molecule has 45 heavy (non-hydrogen) atoms. The van der Waals surface area contributed by atoms with Crippen molar-refractivity contribution in [2.45, 2.75) is 31.4 Å². The third-order valence-electron chi connectivity index (χ3n) is 7.74. The van der Waals surface area contributed by atoms with Gasteiger partial charge in [-0.05, 0) is 46.4 Å². The van der Waals surface area contributed by atoms with E-state index in [0.29, 0.717) is 5.06 Å². The molecule has 0 spiro atoms. The number of hydrogen-bond acceptors (Lipinski definition) is 8. The number of amides is 3. The van der Waals surface area contributed by atoms with E-state index in [1.165, 1.54) is 12.1 Å². The molecule has 1 heterocycles. The van der Waals surface area contributed by atoms with Crippen LogP contribution in [-0.4, -0.2) is 47.6 Å². The van der Waals surface area contributed by atoms with E-state index >= 15 is 0 Å². The second-order valence-electron chi connectivity index (χ2n) is 10.6. The Hall–Kier alpha value is -5.77. The fourth-order valence-corrected chi connectivity index (χ4v) is 5.51. The monoisotopic (exact) mass is 604 g/mol. The maximum Gasteiger partial charge on any atom is 0.407 e. The van der Waals surface area contributed by atoms with Gasteiger partial charge in [0.05, 0.1) is 11.1 Å². The van der Waals surface area contributed by atoms with Crippen molar-refractivity contribution in [2.24, 2.45) is 0 Å². The van der Waals surface area contributed by atoms with Crippen LogP contribution in [0.25, 0.3) is 11.1 Å². The average Bonchev–Trinajstić information content (AvgIpc) is 3.52. The zero-order valence-corrected chi connectivity index (χ0v) is 24.0. The molecule has 4 aromatic carbocycles. The van der Waals surface area contributed by atoms with Gasteiger partial charge in [0, 0.05) is 12.3 Å². The number of nitrogens with zero attached hydrogens (tertiary/aromatic N) is 1. The molecule has 0 fully saturated rings. The molecule has 1 aliphatic heterocycles. The van der Waals surface area contributed by atoms with Crippen LogP contribution in [0, 0.1) is 0 Å². The second-order valence-corrected chi connectivity index (χ2v) is 10.6. The van der Waals surface area contributed by atoms with E-state index in [0.717, 1.165) is 27.8 Å². The van der Waals surface area contributed by atoms with Crippen LogP contribution in [0.5, 0.6) is 0 Å². The lowest BCUT2D eigenvalue weighted by Gasteiger charge is -2.21. The number of ether oxygens (including phenoxy) is 2. The first kappa shape index (κ1) is 29.3. The van der Waals surface area contributed by atoms with Crippen molar-refractivity contribution in [3.8, 4) is 11.1 Å². The van der Waals surface area contributed by atoms with Crippen LogP contribution in [0.1, 0.15) is 56.2 Å². The average molecular weight is 605 g/mol. The second kappa shape index (κ2) is 12.8. The van der Waals surface area contributed by atoms with Crippen LogP contribution in [0.15, 0.2) is 103 Å². The van der Waals surface area contributed by atoms with Crippen LogP contribution in [0.2, 0.25) is 0 Å². The number of carbonyl (C=O) groups is 5. The standard InChI is InChI=1S/C35H28N2O8/c38-31(43-20-22-10-2-1-3-11-22)19-18-30(34(41)45-37-32(39)27-16-8-9-17-28(27)33(37)40)36-35(42)44-21-29-25-14-6-4-12-23(25)24-13-5-7-15-26(24)29/h1-17,29-30H,18-21H2,(H,36,42)/t30-/m0/s1. The van der Waals surface area contributed by atoms with Crippen molar-refractivity contribution in [1.29, 1.82) is 0 Å². The SMILES string of the molecule is O=C(CC[C@H](NC(=O)OCC1c2ccccc2-c2ccccc21)C(=O)ON1C(=O)c2ccccc2C1=O)OCc1ccccc1. The van der Waals surface area contributed by atoms with Crippen LogP contribution in [0.3, 0.4) is 0 Å². The highest BCUT2D eigenvalue weighted by Gasteiger charge is 2.40. The molecule has 0 radical (unpaired) electrons. The van der Waals surface area contributed by atoms with E-state index in [1.807, 2.05) is 66.7 Å². The maximum absolute atomic E-state index is 13.3. The Labute approximate surface area is 258 Å². The van der Waals surface area contributed by atoms with Crippen LogP contribution >= 0.6 is 0 Å². The summed E-state index contributed by atoms with van der Waals surface area (Å²) in [5.74, 6) is -3.59. The molecule has 6 rings (SSSR count). The summed E-state index contributed by atoms with van der Waals surface area (Å²) in [6.45, 7) is 0.0167. The molecule has 1 atom stereocenters. The molecule has 0 aromatic heterocycles. The number of carbonyl (C=O) groups excluding carboxylic acids is 5. The number of imide groups is 1. The molecule has 10 nitrogen and oxygen atoms in total. The van der Waals surface area contributed by atoms with E-state index in [-0.39, 0.29) is 43.1 Å². The van der Waals surface area contributed by atoms with Gasteiger partial charge in [-0.15, -0.1) is 0 Å². The molecule has 10 heteroatoms. The molecular weight excluding hydrogens is 576 g/mol. The summed E-state index contributed by atoms with van der Waals surface area (Å²) in [4.78, 5) is 69.5. The molecule has 226 valence electrons. The number of rotatable bonds is 10. The maximum atomic E-state index is 13.3. The Balaban J connectivity index is 1.12. The largest absolute Gasteiger partial charge is 0.461 e. The smallest absolute Gasteiger partial charge is 0.407 e. The summed E-state index contributed by atoms with van der Waals surface area (Å²) in [6.07, 6.45) is -1.43. The van der Waals surface area contributed by atoms with Crippen molar-refractivity contribution >= 4 is 29.8 Å². The van der Waals surface area contributed by atoms with Crippen LogP contribution in [-0.2, 0) is 30.5 Å². The van der Waals surface area contributed by atoms with E-state index in [1.54, 1.807) is 24.3 Å². The summed E-state index contributed by atoms with van der Waals surface area (Å²) in [6, 6.07) is 29.4. The summed E-state index contributed by atoms with van der Waals surface area (Å²) in [5, 5.41) is 2.80. The minimum absolute atomic E-state index is 0.0147. The van der Waals surface area contributed by atoms with Gasteiger partial charge in [0.2, 0.25) is 0 Å². The summed E-state index contributed by atoms with van der Waals surface area (Å²) in [5.41, 5.74) is 5.08. The van der Waals surface area contributed by atoms with Gasteiger partial charge in [0.15, 0.2) is 0 Å². The highest BCUT2D eigenvalue weighted by atomic mass is 16.7. The number of alkyl carbamates (subject to hydrolysis) is 1. The van der Waals surface area contributed by atoms with Gasteiger partial charge in [0.1, 0.15) is 19.3 Å². The van der Waals surface area contributed by atoms with Gasteiger partial charge in [-0.25, -0.2) is 9.59 Å². The molecular formula is C35H28N2O8. The number of fused-ring (bicyclic) bond motifs is 4. The number of hydroxylamine groups is 2. The first-order valence-electron chi connectivity index (χ1n) is 14.4. The lowest BCUT2D eigenvalue weighted by Crippen LogP contribution is -2.46. The van der Waals surface area contributed by atoms with Gasteiger partial charge in [-0.1, -0.05) is 96.1 Å². The molecule has 0 bridgehead atoms. The number of hydrogen-bond donors (Lipinski definition) is 1. The minimum Gasteiger partial charge on any atom is -0.461 e. The Morgan fingerprint density at radius 2 is 1.22 bits per heavy atom. The molecule has 0 saturated carbocycles. The van der Waals surface area contributed by atoms with Crippen LogP contribution < -0.4 is 5.32 Å². The molecule has 0 unspecified atom stereocenters. The number of esters is 1. The van der Waals surface area contributed by atoms with E-state index in [9.17, 15) is 24.0 Å². The number of nitrogens with one attached hydrogen (secondary N) is 1. The summed E-state index contributed by atoms with van der Waals surface area (Å²) < 4.78 is 10.9. The topological polar surface area (TPSA) is 128 Å². The van der Waals surface area contributed by atoms with Crippen molar-refractivity contribution in [1.82, 2.24) is 10.4 Å². The predicted molar refractivity (Wildman–Crippen MR) is 160 cm³/mol. The van der Waals surface area contributed by atoms with Gasteiger partial charge in [-0.2, -0.15) is 0 Å². The first-order valence-corrected chi connectivity index (χ1v) is 14.4. The van der Waals surface area contributed by atoms with Gasteiger partial charge < -0.3 is 19.6 Å². The fourth-order valence-electron chi connectivity index (χ4n) is 5.51. The van der Waals surface area contributed by atoms with Crippen molar-refractivity contribution in [3.63, 3.8) is 0 Å². The van der Waals surface area contributed by atoms with E-state index < -0.39 is 35.9 Å². The van der Waals surface area contributed by atoms with Gasteiger partial charge in [0.25, 0.3) is 11.8 Å². The third kappa shape index (κ3) is 6.16. The fraction of sp³-hybridized carbons (Fsp3) is 0.171. The zero-order valence-electron chi connectivity index (χ0n) is 24.0. The molecule has 1 aliphatic carbocycles. The minimum atomic E-state index is -1.44. The highest BCUT2D eigenvalue weighted by Crippen LogP contribution is 2.44. The zero-order chi connectivity index (χ0) is 31.3. The first-order chi connectivity index (χ1) is 21.9. The van der Waals surface area contributed by atoms with Gasteiger partial charge in [-0.3, -0.25) is 14.4 Å². The van der Waals surface area contributed by atoms with Gasteiger partial charge >= 0.3 is 18.0 Å². The molecule has 3 amide bonds. The molecule has 1 N–H and O–H groups in total. The van der Waals surface area contributed by atoms with E-state index in [4.69, 9.17) is 14.3 Å². The lowest BCUT2D eigenvalue weighted by atomic mass is 9.98. The highest BCUT2D eigenvalue weighted by molar-refractivity contribution is 6.21. The summed E-state index contributed by atoms with van der Waals surface area (Å²) >= 11 is 0. The Bertz CT molecular complexity index is 1710. The Morgan fingerprint density at radius 3 is 1.82 bits per heavy atom. The molecule has 2 aliphatic rings. The third-order valence-corrected chi connectivity index (χ3v) is 7.74. The quantitative estimate of drug-likeness (QED) is 0.194. The molecule has 4 aromatic rings. The van der Waals surface area contributed by atoms with Crippen molar-refractivity contribution in [3.05, 3.63) is 131 Å². The summed E-state index contributed by atoms with van der Waals surface area (Å²) in [7, 11) is 0. The predicted octanol–water partition coefficient (Wildman–Crippen LogP) is 5.17. The van der Waals surface area contributed by atoms with Crippen molar-refractivity contribution in [2.75, 3.05) is 6.61 Å². The Morgan fingerprint density at radius 1 is 0.689 bits per heavy atom. The van der Waals surface area contributed by atoms with Crippen molar-refractivity contribution < 1.29 is 38.3 Å².